The van der Waals surface area contributed by atoms with E-state index in [0.29, 0.717) is 41.2 Å². The third-order valence-corrected chi connectivity index (χ3v) is 6.90. The highest BCUT2D eigenvalue weighted by Gasteiger charge is 2.20. The first-order chi connectivity index (χ1) is 19.9. The van der Waals surface area contributed by atoms with Gasteiger partial charge in [0.2, 0.25) is 0 Å². The van der Waals surface area contributed by atoms with Crippen molar-refractivity contribution in [1.29, 1.82) is 0 Å². The Hall–Kier alpha value is -4.33. The van der Waals surface area contributed by atoms with Gasteiger partial charge in [-0.1, -0.05) is 12.1 Å². The number of phenols is 1. The lowest BCUT2D eigenvalue weighted by atomic mass is 9.98. The van der Waals surface area contributed by atoms with Crippen molar-refractivity contribution in [2.75, 3.05) is 13.2 Å². The minimum absolute atomic E-state index is 0.120. The number of hydrogen-bond acceptors (Lipinski definition) is 8. The van der Waals surface area contributed by atoms with Crippen molar-refractivity contribution < 1.29 is 38.4 Å². The maximum absolute atomic E-state index is 13.4. The molecule has 8 heteroatoms. The molecule has 1 saturated carbocycles. The fraction of sp³-hybridized carbons (Fsp3) is 0.364. The number of ether oxygens (including phenoxy) is 4. The molecule has 0 heterocycles. The molecule has 0 aromatic heterocycles. The summed E-state index contributed by atoms with van der Waals surface area (Å²) in [7, 11) is 0. The van der Waals surface area contributed by atoms with E-state index in [1.165, 1.54) is 6.07 Å². The van der Waals surface area contributed by atoms with Gasteiger partial charge in [-0.3, -0.25) is 9.59 Å². The van der Waals surface area contributed by atoms with Gasteiger partial charge in [0.05, 0.1) is 30.4 Å². The Bertz CT molecular complexity index is 1360. The second kappa shape index (κ2) is 14.3. The third-order valence-electron chi connectivity index (χ3n) is 6.90. The van der Waals surface area contributed by atoms with E-state index in [9.17, 15) is 19.5 Å². The van der Waals surface area contributed by atoms with E-state index in [1.54, 1.807) is 68.4 Å². The molecule has 8 nitrogen and oxygen atoms in total. The van der Waals surface area contributed by atoms with E-state index >= 15 is 0 Å². The van der Waals surface area contributed by atoms with Crippen LogP contribution in [0.5, 0.6) is 17.2 Å². The first kappa shape index (κ1) is 29.6. The molecule has 0 aliphatic heterocycles. The maximum Gasteiger partial charge on any atom is 0.338 e. The molecule has 3 aromatic carbocycles. The van der Waals surface area contributed by atoms with E-state index < -0.39 is 0 Å². The van der Waals surface area contributed by atoms with Crippen LogP contribution in [-0.4, -0.2) is 42.1 Å². The van der Waals surface area contributed by atoms with Crippen molar-refractivity contribution >= 4 is 17.7 Å². The minimum atomic E-state index is -0.386. The fourth-order valence-electron chi connectivity index (χ4n) is 4.77. The van der Waals surface area contributed by atoms with Crippen LogP contribution in [0.15, 0.2) is 60.7 Å². The van der Waals surface area contributed by atoms with Crippen LogP contribution in [0.3, 0.4) is 0 Å². The molecule has 0 bridgehead atoms. The van der Waals surface area contributed by atoms with Gasteiger partial charge in [0, 0.05) is 18.1 Å². The SMILES string of the molecule is CCOC(=O)CCc1cc(C(=O)c2ccc(OC3CCCC3)cc2O)ccc1OCc1ccc(C(=O)OCC)cc1. The highest BCUT2D eigenvalue weighted by molar-refractivity contribution is 6.11. The zero-order valence-corrected chi connectivity index (χ0v) is 23.5. The molecule has 1 aliphatic rings. The molecule has 0 saturated heterocycles. The number of hydrogen-bond donors (Lipinski definition) is 1. The quantitative estimate of drug-likeness (QED) is 0.195. The van der Waals surface area contributed by atoms with Crippen LogP contribution >= 0.6 is 0 Å². The Morgan fingerprint density at radius 3 is 2.24 bits per heavy atom. The lowest BCUT2D eigenvalue weighted by Gasteiger charge is -2.15. The summed E-state index contributed by atoms with van der Waals surface area (Å²) in [5.74, 6) is -0.174. The van der Waals surface area contributed by atoms with Crippen molar-refractivity contribution in [3.8, 4) is 17.2 Å². The number of rotatable bonds is 13. The van der Waals surface area contributed by atoms with Crippen LogP contribution in [0, 0.1) is 0 Å². The molecule has 1 fully saturated rings. The second-order valence-electron chi connectivity index (χ2n) is 9.87. The number of ketones is 1. The summed E-state index contributed by atoms with van der Waals surface area (Å²) in [6.07, 6.45) is 4.81. The zero-order valence-electron chi connectivity index (χ0n) is 23.5. The number of carbonyl (C=O) groups is 3. The summed E-state index contributed by atoms with van der Waals surface area (Å²) in [6.45, 7) is 4.30. The molecule has 1 N–H and O–H groups in total. The molecule has 0 unspecified atom stereocenters. The van der Waals surface area contributed by atoms with Crippen LogP contribution in [0.4, 0.5) is 0 Å². The molecule has 0 atom stereocenters. The standard InChI is InChI=1S/C33H36O8/c1-3-38-31(35)18-14-24-19-25(32(36)28-16-15-27(20-29(28)34)41-26-7-5-6-8-26)13-17-30(24)40-21-22-9-11-23(12-10-22)33(37)39-4-2/h9-13,15-17,19-20,26,34H,3-8,14,18,21H2,1-2H3. The Morgan fingerprint density at radius 2 is 1.56 bits per heavy atom. The summed E-state index contributed by atoms with van der Waals surface area (Å²) in [4.78, 5) is 37.3. The van der Waals surface area contributed by atoms with Crippen LogP contribution in [-0.2, 0) is 27.3 Å². The molecular weight excluding hydrogens is 524 g/mol. The molecule has 216 valence electrons. The predicted octanol–water partition coefficient (Wildman–Crippen LogP) is 6.20. The Kier molecular flexibility index (Phi) is 10.4. The van der Waals surface area contributed by atoms with E-state index in [1.807, 2.05) is 0 Å². The predicted molar refractivity (Wildman–Crippen MR) is 153 cm³/mol. The number of esters is 2. The van der Waals surface area contributed by atoms with E-state index in [2.05, 4.69) is 0 Å². The van der Waals surface area contributed by atoms with Crippen molar-refractivity contribution in [1.82, 2.24) is 0 Å². The number of phenolic OH excluding ortho intramolecular Hbond substituents is 1. The zero-order chi connectivity index (χ0) is 29.2. The van der Waals surface area contributed by atoms with E-state index in [4.69, 9.17) is 18.9 Å². The molecule has 0 spiro atoms. The summed E-state index contributed by atoms with van der Waals surface area (Å²) in [5.41, 5.74) is 2.47. The number of aromatic hydroxyl groups is 1. The minimum Gasteiger partial charge on any atom is -0.507 e. The number of carbonyl (C=O) groups excluding carboxylic acids is 3. The molecule has 0 radical (unpaired) electrons. The number of aryl methyl sites for hydroxylation is 1. The summed E-state index contributed by atoms with van der Waals surface area (Å²) < 4.78 is 22.1. The highest BCUT2D eigenvalue weighted by Crippen LogP contribution is 2.31. The first-order valence-electron chi connectivity index (χ1n) is 14.1. The Labute approximate surface area is 240 Å². The van der Waals surface area contributed by atoms with Crippen molar-refractivity contribution in [3.63, 3.8) is 0 Å². The van der Waals surface area contributed by atoms with Crippen LogP contribution in [0.1, 0.15) is 83.4 Å². The monoisotopic (exact) mass is 560 g/mol. The Balaban J connectivity index is 1.50. The van der Waals surface area contributed by atoms with Gasteiger partial charge in [0.1, 0.15) is 23.9 Å². The van der Waals surface area contributed by atoms with E-state index in [0.717, 1.165) is 31.2 Å². The average molecular weight is 561 g/mol. The average Bonchev–Trinajstić information content (AvgIpc) is 3.48. The molecule has 1 aliphatic carbocycles. The Morgan fingerprint density at radius 1 is 0.854 bits per heavy atom. The smallest absolute Gasteiger partial charge is 0.338 e. The van der Waals surface area contributed by atoms with Crippen molar-refractivity contribution in [2.24, 2.45) is 0 Å². The fourth-order valence-corrected chi connectivity index (χ4v) is 4.77. The van der Waals surface area contributed by atoms with Crippen molar-refractivity contribution in [2.45, 2.75) is 65.1 Å². The highest BCUT2D eigenvalue weighted by atomic mass is 16.5. The van der Waals surface area contributed by atoms with Crippen LogP contribution < -0.4 is 9.47 Å². The maximum atomic E-state index is 13.4. The largest absolute Gasteiger partial charge is 0.507 e. The third kappa shape index (κ3) is 8.10. The van der Waals surface area contributed by atoms with Crippen LogP contribution in [0.25, 0.3) is 0 Å². The lowest BCUT2D eigenvalue weighted by molar-refractivity contribution is -0.143. The van der Waals surface area contributed by atoms with Crippen LogP contribution in [0.2, 0.25) is 0 Å². The molecular formula is C33H36O8. The van der Waals surface area contributed by atoms with E-state index in [-0.39, 0.29) is 54.8 Å². The van der Waals surface area contributed by atoms with Gasteiger partial charge in [0.15, 0.2) is 5.78 Å². The molecule has 3 aromatic rings. The first-order valence-corrected chi connectivity index (χ1v) is 14.1. The molecule has 4 rings (SSSR count). The molecule has 0 amide bonds. The topological polar surface area (TPSA) is 108 Å². The normalized spacial score (nSPS) is 13.0. The van der Waals surface area contributed by atoms with Gasteiger partial charge in [-0.05, 0) is 99.5 Å². The van der Waals surface area contributed by atoms with Gasteiger partial charge in [-0.15, -0.1) is 0 Å². The summed E-state index contributed by atoms with van der Waals surface area (Å²) in [5, 5.41) is 10.6. The van der Waals surface area contributed by atoms with Gasteiger partial charge in [-0.25, -0.2) is 4.79 Å². The van der Waals surface area contributed by atoms with Gasteiger partial charge >= 0.3 is 11.9 Å². The van der Waals surface area contributed by atoms with Gasteiger partial charge in [0.25, 0.3) is 0 Å². The summed E-state index contributed by atoms with van der Waals surface area (Å²) >= 11 is 0. The second-order valence-corrected chi connectivity index (χ2v) is 9.87. The number of benzene rings is 3. The van der Waals surface area contributed by atoms with Gasteiger partial charge in [-0.2, -0.15) is 0 Å². The summed E-state index contributed by atoms with van der Waals surface area (Å²) in [6, 6.07) is 16.7. The van der Waals surface area contributed by atoms with Crippen molar-refractivity contribution in [3.05, 3.63) is 88.5 Å². The van der Waals surface area contributed by atoms with Gasteiger partial charge < -0.3 is 24.1 Å². The lowest BCUT2D eigenvalue weighted by Crippen LogP contribution is -2.11. The molecule has 41 heavy (non-hydrogen) atoms.